The Bertz CT molecular complexity index is 1030. The van der Waals surface area contributed by atoms with E-state index in [1.807, 2.05) is 0 Å². The zero-order valence-electron chi connectivity index (χ0n) is 15.1. The molecule has 6 nitrogen and oxygen atoms in total. The molecule has 9 heteroatoms. The lowest BCUT2D eigenvalue weighted by atomic mass is 9.94. The summed E-state index contributed by atoms with van der Waals surface area (Å²) in [4.78, 5) is 22.1. The average Bonchev–Trinajstić information content (AvgIpc) is 2.68. The topological polar surface area (TPSA) is 110 Å². The fourth-order valence-electron chi connectivity index (χ4n) is 2.88. The summed E-state index contributed by atoms with van der Waals surface area (Å²) < 4.78 is 42.5. The van der Waals surface area contributed by atoms with E-state index < -0.39 is 24.1 Å². The Morgan fingerprint density at radius 1 is 0.767 bits per heavy atom. The lowest BCUT2D eigenvalue weighted by Crippen LogP contribution is -2.17. The van der Waals surface area contributed by atoms with Gasteiger partial charge in [0, 0.05) is 16.8 Å². The van der Waals surface area contributed by atoms with Gasteiger partial charge in [0.2, 0.25) is 0 Å². The molecule has 0 fully saturated rings. The van der Waals surface area contributed by atoms with Crippen LogP contribution >= 0.6 is 0 Å². The van der Waals surface area contributed by atoms with Crippen molar-refractivity contribution in [2.24, 2.45) is 0 Å². The second kappa shape index (κ2) is 7.78. The van der Waals surface area contributed by atoms with Crippen LogP contribution in [0.25, 0.3) is 22.3 Å². The van der Waals surface area contributed by atoms with E-state index in [-0.39, 0.29) is 27.9 Å². The van der Waals surface area contributed by atoms with Crippen LogP contribution in [-0.4, -0.2) is 28.5 Å². The Labute approximate surface area is 168 Å². The minimum atomic E-state index is -4.94. The first kappa shape index (κ1) is 20.7. The number of hydrogen-bond donors (Lipinski definition) is 3. The minimum absolute atomic E-state index is 0.00417. The molecule has 30 heavy (non-hydrogen) atoms. The first-order valence-corrected chi connectivity index (χ1v) is 8.42. The van der Waals surface area contributed by atoms with Crippen molar-refractivity contribution >= 4 is 17.6 Å². The number of anilines is 1. The molecule has 3 aromatic carbocycles. The van der Waals surface area contributed by atoms with Crippen molar-refractivity contribution in [3.05, 3.63) is 71.8 Å². The van der Waals surface area contributed by atoms with Crippen molar-refractivity contribution in [3.63, 3.8) is 0 Å². The van der Waals surface area contributed by atoms with Gasteiger partial charge in [0.1, 0.15) is 5.75 Å². The lowest BCUT2D eigenvalue weighted by molar-refractivity contribution is -0.274. The van der Waals surface area contributed by atoms with Crippen LogP contribution in [0.15, 0.2) is 60.7 Å². The third kappa shape index (κ3) is 4.52. The molecule has 0 aromatic heterocycles. The molecule has 0 atom stereocenters. The van der Waals surface area contributed by atoms with E-state index in [2.05, 4.69) is 4.74 Å². The largest absolute Gasteiger partial charge is 0.573 e. The number of halogens is 3. The average molecular weight is 417 g/mol. The van der Waals surface area contributed by atoms with Gasteiger partial charge in [-0.1, -0.05) is 24.3 Å². The number of ether oxygens (including phenoxy) is 1. The van der Waals surface area contributed by atoms with E-state index in [1.165, 1.54) is 48.5 Å². The molecule has 0 saturated heterocycles. The van der Waals surface area contributed by atoms with Crippen LogP contribution in [0, 0.1) is 0 Å². The van der Waals surface area contributed by atoms with Gasteiger partial charge in [0.15, 0.2) is 0 Å². The van der Waals surface area contributed by atoms with Crippen LogP contribution in [-0.2, 0) is 0 Å². The number of rotatable bonds is 5. The minimum Gasteiger partial charge on any atom is -0.478 e. The highest BCUT2D eigenvalue weighted by Gasteiger charge is 2.31. The molecule has 4 N–H and O–H groups in total. The van der Waals surface area contributed by atoms with Crippen LogP contribution < -0.4 is 10.5 Å². The van der Waals surface area contributed by atoms with Gasteiger partial charge >= 0.3 is 18.3 Å². The number of carbonyl (C=O) groups is 2. The van der Waals surface area contributed by atoms with E-state index in [1.54, 1.807) is 0 Å². The van der Waals surface area contributed by atoms with E-state index in [4.69, 9.17) is 15.9 Å². The maximum atomic E-state index is 12.8. The van der Waals surface area contributed by atoms with Crippen LogP contribution in [0.1, 0.15) is 20.7 Å². The summed E-state index contributed by atoms with van der Waals surface area (Å²) in [6, 6.07) is 13.1. The molecule has 3 rings (SSSR count). The standard InChI is InChI=1S/C21H14F3NO5/c22-21(23,24)30-15-9-16(11-1-5-13(6-2-11)19(26)27)18(25)17(10-15)12-3-7-14(8-4-12)20(28)29/h1-10H,25H2,(H,26,27)(H,28,29). The van der Waals surface area contributed by atoms with Gasteiger partial charge in [-0.15, -0.1) is 13.2 Å². The summed E-state index contributed by atoms with van der Waals surface area (Å²) in [6.07, 6.45) is -4.94. The van der Waals surface area contributed by atoms with Crippen LogP contribution in [0.5, 0.6) is 5.75 Å². The quantitative estimate of drug-likeness (QED) is 0.510. The number of hydrogen-bond acceptors (Lipinski definition) is 4. The molecule has 0 saturated carbocycles. The molecular weight excluding hydrogens is 403 g/mol. The molecule has 0 amide bonds. The van der Waals surface area contributed by atoms with Gasteiger partial charge in [-0.2, -0.15) is 0 Å². The van der Waals surface area contributed by atoms with Crippen molar-refractivity contribution in [1.29, 1.82) is 0 Å². The van der Waals surface area contributed by atoms with Crippen molar-refractivity contribution < 1.29 is 37.7 Å². The second-order valence-corrected chi connectivity index (χ2v) is 6.24. The second-order valence-electron chi connectivity index (χ2n) is 6.24. The summed E-state index contributed by atoms with van der Waals surface area (Å²) in [5, 5.41) is 18.0. The summed E-state index contributed by atoms with van der Waals surface area (Å²) in [5.74, 6) is -2.82. The summed E-state index contributed by atoms with van der Waals surface area (Å²) >= 11 is 0. The number of nitrogen functional groups attached to an aromatic ring is 1. The van der Waals surface area contributed by atoms with Crippen molar-refractivity contribution in [3.8, 4) is 28.0 Å². The van der Waals surface area contributed by atoms with Crippen molar-refractivity contribution in [2.75, 3.05) is 5.73 Å². The highest BCUT2D eigenvalue weighted by molar-refractivity contribution is 5.93. The Kier molecular flexibility index (Phi) is 5.37. The Hall–Kier alpha value is -4.01. The molecule has 0 spiro atoms. The Balaban J connectivity index is 2.16. The highest BCUT2D eigenvalue weighted by Crippen LogP contribution is 2.40. The molecule has 0 aliphatic carbocycles. The van der Waals surface area contributed by atoms with E-state index in [9.17, 15) is 22.8 Å². The molecule has 154 valence electrons. The smallest absolute Gasteiger partial charge is 0.478 e. The van der Waals surface area contributed by atoms with Crippen LogP contribution in [0.4, 0.5) is 18.9 Å². The first-order valence-electron chi connectivity index (χ1n) is 8.42. The maximum Gasteiger partial charge on any atom is 0.573 e. The fourth-order valence-corrected chi connectivity index (χ4v) is 2.88. The van der Waals surface area contributed by atoms with Crippen molar-refractivity contribution in [1.82, 2.24) is 0 Å². The van der Waals surface area contributed by atoms with Gasteiger partial charge in [-0.05, 0) is 47.5 Å². The molecule has 0 heterocycles. The Morgan fingerprint density at radius 3 is 1.43 bits per heavy atom. The molecule has 0 radical (unpaired) electrons. The first-order chi connectivity index (χ1) is 14.0. The zero-order valence-corrected chi connectivity index (χ0v) is 15.1. The number of carboxylic acid groups (broad SMARTS) is 2. The third-order valence-corrected chi connectivity index (χ3v) is 4.27. The molecule has 0 aliphatic heterocycles. The zero-order chi connectivity index (χ0) is 22.1. The summed E-state index contributed by atoms with van der Waals surface area (Å²) in [6.45, 7) is 0. The summed E-state index contributed by atoms with van der Waals surface area (Å²) in [7, 11) is 0. The monoisotopic (exact) mass is 417 g/mol. The predicted molar refractivity (Wildman–Crippen MR) is 102 cm³/mol. The number of carboxylic acids is 2. The SMILES string of the molecule is Nc1c(-c2ccc(C(=O)O)cc2)cc(OC(F)(F)F)cc1-c1ccc(C(=O)O)cc1. The molecular formula is C21H14F3NO5. The Morgan fingerprint density at radius 2 is 1.13 bits per heavy atom. The van der Waals surface area contributed by atoms with Gasteiger partial charge in [-0.25, -0.2) is 9.59 Å². The van der Waals surface area contributed by atoms with Gasteiger partial charge in [-0.3, -0.25) is 0 Å². The van der Waals surface area contributed by atoms with Crippen molar-refractivity contribution in [2.45, 2.75) is 6.36 Å². The van der Waals surface area contributed by atoms with Gasteiger partial charge < -0.3 is 20.7 Å². The summed E-state index contributed by atoms with van der Waals surface area (Å²) in [5.41, 5.74) is 7.50. The van der Waals surface area contributed by atoms with E-state index in [0.29, 0.717) is 11.1 Å². The molecule has 3 aromatic rings. The number of aromatic carboxylic acids is 2. The predicted octanol–water partition coefficient (Wildman–Crippen LogP) is 4.90. The highest BCUT2D eigenvalue weighted by atomic mass is 19.4. The van der Waals surface area contributed by atoms with Gasteiger partial charge in [0.25, 0.3) is 0 Å². The fraction of sp³-hybridized carbons (Fsp3) is 0.0476. The van der Waals surface area contributed by atoms with E-state index in [0.717, 1.165) is 12.1 Å². The molecule has 0 bridgehead atoms. The van der Waals surface area contributed by atoms with Crippen LogP contribution in [0.3, 0.4) is 0 Å². The van der Waals surface area contributed by atoms with Gasteiger partial charge in [0.05, 0.1) is 11.1 Å². The molecule has 0 aliphatic rings. The number of alkyl halides is 3. The number of nitrogens with two attached hydrogens (primary N) is 1. The lowest BCUT2D eigenvalue weighted by Gasteiger charge is -2.16. The van der Waals surface area contributed by atoms with E-state index >= 15 is 0 Å². The van der Waals surface area contributed by atoms with Crippen LogP contribution in [0.2, 0.25) is 0 Å². The number of benzene rings is 3. The molecule has 0 unspecified atom stereocenters. The maximum absolute atomic E-state index is 12.8. The third-order valence-electron chi connectivity index (χ3n) is 4.27. The normalized spacial score (nSPS) is 11.2.